The van der Waals surface area contributed by atoms with Gasteiger partial charge in [0.05, 0.1) is 22.0 Å². The van der Waals surface area contributed by atoms with Crippen molar-refractivity contribution in [2.45, 2.75) is 71.0 Å². The summed E-state index contributed by atoms with van der Waals surface area (Å²) in [6.07, 6.45) is 6.21. The first-order valence-corrected chi connectivity index (χ1v) is 15.2. The Morgan fingerprint density at radius 1 is 1.00 bits per heavy atom. The molecule has 2 amide bonds. The molecule has 1 saturated carbocycles. The van der Waals surface area contributed by atoms with Gasteiger partial charge in [-0.1, -0.05) is 68.1 Å². The lowest BCUT2D eigenvalue weighted by Crippen LogP contribution is -2.53. The van der Waals surface area contributed by atoms with Crippen molar-refractivity contribution in [1.82, 2.24) is 10.2 Å². The normalized spacial score (nSPS) is 14.8. The summed E-state index contributed by atoms with van der Waals surface area (Å²) in [6, 6.07) is 11.4. The van der Waals surface area contributed by atoms with Crippen LogP contribution < -0.4 is 9.62 Å². The Morgan fingerprint density at radius 2 is 1.62 bits per heavy atom. The molecule has 0 spiro atoms. The van der Waals surface area contributed by atoms with E-state index in [4.69, 9.17) is 23.2 Å². The third kappa shape index (κ3) is 7.85. The highest BCUT2D eigenvalue weighted by Gasteiger charge is 2.33. The first kappa shape index (κ1) is 29.3. The molecule has 0 radical (unpaired) electrons. The van der Waals surface area contributed by atoms with Gasteiger partial charge in [-0.15, -0.1) is 0 Å². The number of halogens is 2. The van der Waals surface area contributed by atoms with Gasteiger partial charge in [0.1, 0.15) is 12.6 Å². The van der Waals surface area contributed by atoms with E-state index in [1.54, 1.807) is 30.3 Å². The maximum atomic E-state index is 13.8. The summed E-state index contributed by atoms with van der Waals surface area (Å²) in [6.45, 7) is 3.50. The minimum Gasteiger partial charge on any atom is -0.352 e. The average Bonchev–Trinajstić information content (AvgIpc) is 3.37. The van der Waals surface area contributed by atoms with Crippen LogP contribution >= 0.6 is 23.2 Å². The molecule has 1 aliphatic rings. The molecule has 1 aliphatic carbocycles. The molecule has 7 nitrogen and oxygen atoms in total. The van der Waals surface area contributed by atoms with Crippen molar-refractivity contribution >= 4 is 50.7 Å². The van der Waals surface area contributed by atoms with Crippen LogP contribution in [0.5, 0.6) is 0 Å². The van der Waals surface area contributed by atoms with E-state index in [2.05, 4.69) is 5.32 Å². The van der Waals surface area contributed by atoms with E-state index in [1.165, 1.54) is 4.90 Å². The number of benzene rings is 2. The molecular formula is C27H35Cl2N3O4S. The van der Waals surface area contributed by atoms with Gasteiger partial charge in [-0.05, 0) is 61.1 Å². The molecule has 0 saturated heterocycles. The number of rotatable bonds is 11. The highest BCUT2D eigenvalue weighted by atomic mass is 35.5. The number of nitrogens with zero attached hydrogens (tertiary/aromatic N) is 2. The van der Waals surface area contributed by atoms with Gasteiger partial charge in [0.2, 0.25) is 21.8 Å². The Morgan fingerprint density at radius 3 is 2.16 bits per heavy atom. The van der Waals surface area contributed by atoms with E-state index in [-0.39, 0.29) is 18.5 Å². The Kier molecular flexibility index (Phi) is 10.3. The zero-order valence-corrected chi connectivity index (χ0v) is 23.9. The monoisotopic (exact) mass is 567 g/mol. The molecular weight excluding hydrogens is 533 g/mol. The molecule has 0 aliphatic heterocycles. The number of aryl methyl sites for hydroxylation is 1. The van der Waals surface area contributed by atoms with E-state index in [1.807, 2.05) is 26.0 Å². The standard InChI is InChI=1S/C27H35Cl2N3O4S/c1-4-19-10-13-22(14-11-19)32(37(3,35)36)18-26(33)31(17-20-12-15-23(28)24(29)16-20)25(5-2)27(34)30-21-8-6-7-9-21/h10-16,21,25H,4-9,17-18H2,1-3H3,(H,30,34). The second-order valence-electron chi connectivity index (χ2n) is 9.47. The highest BCUT2D eigenvalue weighted by Crippen LogP contribution is 2.25. The van der Waals surface area contributed by atoms with Crippen LogP contribution in [0.3, 0.4) is 0 Å². The summed E-state index contributed by atoms with van der Waals surface area (Å²) in [5.41, 5.74) is 2.14. The van der Waals surface area contributed by atoms with E-state index >= 15 is 0 Å². The van der Waals surface area contributed by atoms with Crippen LogP contribution in [-0.4, -0.2) is 50.0 Å². The first-order chi connectivity index (χ1) is 17.5. The van der Waals surface area contributed by atoms with Gasteiger partial charge in [0.15, 0.2) is 0 Å². The van der Waals surface area contributed by atoms with Crippen molar-refractivity contribution < 1.29 is 18.0 Å². The minimum absolute atomic E-state index is 0.0820. The number of nitrogens with one attached hydrogen (secondary N) is 1. The zero-order chi connectivity index (χ0) is 27.2. The van der Waals surface area contributed by atoms with Crippen LogP contribution in [0.4, 0.5) is 5.69 Å². The minimum atomic E-state index is -3.78. The average molecular weight is 569 g/mol. The third-order valence-corrected chi connectivity index (χ3v) is 8.62. The van der Waals surface area contributed by atoms with Gasteiger partial charge in [0, 0.05) is 12.6 Å². The SMILES string of the molecule is CCc1ccc(N(CC(=O)N(Cc2ccc(Cl)c(Cl)c2)C(CC)C(=O)NC2CCCC2)S(C)(=O)=O)cc1. The van der Waals surface area contributed by atoms with Crippen LogP contribution in [0.2, 0.25) is 10.0 Å². The summed E-state index contributed by atoms with van der Waals surface area (Å²) in [5, 5.41) is 3.81. The third-order valence-electron chi connectivity index (χ3n) is 6.74. The summed E-state index contributed by atoms with van der Waals surface area (Å²) in [7, 11) is -3.78. The molecule has 1 fully saturated rings. The molecule has 1 unspecified atom stereocenters. The lowest BCUT2D eigenvalue weighted by atomic mass is 10.1. The maximum absolute atomic E-state index is 13.8. The van der Waals surface area contributed by atoms with Crippen LogP contribution in [0.25, 0.3) is 0 Å². The summed E-state index contributed by atoms with van der Waals surface area (Å²) in [4.78, 5) is 28.5. The second-order valence-corrected chi connectivity index (χ2v) is 12.2. The lowest BCUT2D eigenvalue weighted by Gasteiger charge is -2.33. The second kappa shape index (κ2) is 13.0. The van der Waals surface area contributed by atoms with E-state index in [0.717, 1.165) is 48.2 Å². The van der Waals surface area contributed by atoms with Crippen LogP contribution in [0, 0.1) is 0 Å². The fraction of sp³-hybridized carbons (Fsp3) is 0.481. The van der Waals surface area contributed by atoms with E-state index in [0.29, 0.717) is 27.7 Å². The number of hydrogen-bond acceptors (Lipinski definition) is 4. The smallest absolute Gasteiger partial charge is 0.244 e. The van der Waals surface area contributed by atoms with E-state index < -0.39 is 28.5 Å². The predicted molar refractivity (Wildman–Crippen MR) is 149 cm³/mol. The quantitative estimate of drug-likeness (QED) is 0.405. The Labute approximate surface area is 230 Å². The van der Waals surface area contributed by atoms with Gasteiger partial charge >= 0.3 is 0 Å². The fourth-order valence-electron chi connectivity index (χ4n) is 4.63. The first-order valence-electron chi connectivity index (χ1n) is 12.6. The Bertz CT molecular complexity index is 1200. The zero-order valence-electron chi connectivity index (χ0n) is 21.5. The highest BCUT2D eigenvalue weighted by molar-refractivity contribution is 7.92. The number of amides is 2. The van der Waals surface area contributed by atoms with Crippen LogP contribution in [0.1, 0.15) is 57.1 Å². The van der Waals surface area contributed by atoms with E-state index in [9.17, 15) is 18.0 Å². The predicted octanol–water partition coefficient (Wildman–Crippen LogP) is 5.19. The van der Waals surface area contributed by atoms with Gasteiger partial charge < -0.3 is 10.2 Å². The molecule has 0 bridgehead atoms. The van der Waals surface area contributed by atoms with Gasteiger partial charge in [-0.3, -0.25) is 13.9 Å². The molecule has 0 aromatic heterocycles. The van der Waals surface area contributed by atoms with Crippen molar-refractivity contribution in [3.8, 4) is 0 Å². The largest absolute Gasteiger partial charge is 0.352 e. The molecule has 1 atom stereocenters. The van der Waals surface area contributed by atoms with Gasteiger partial charge in [0.25, 0.3) is 0 Å². The molecule has 2 aromatic carbocycles. The fourth-order valence-corrected chi connectivity index (χ4v) is 5.80. The molecule has 0 heterocycles. The molecule has 37 heavy (non-hydrogen) atoms. The van der Waals surface area contributed by atoms with Gasteiger partial charge in [-0.25, -0.2) is 8.42 Å². The molecule has 2 aromatic rings. The maximum Gasteiger partial charge on any atom is 0.244 e. The number of anilines is 1. The van der Waals surface area contributed by atoms with Crippen molar-refractivity contribution in [3.63, 3.8) is 0 Å². The summed E-state index contributed by atoms with van der Waals surface area (Å²) >= 11 is 12.3. The number of carbonyl (C=O) groups excluding carboxylic acids is 2. The molecule has 202 valence electrons. The van der Waals surface area contributed by atoms with Crippen molar-refractivity contribution in [2.75, 3.05) is 17.1 Å². The molecule has 10 heteroatoms. The number of carbonyl (C=O) groups is 2. The van der Waals surface area contributed by atoms with Crippen molar-refractivity contribution in [3.05, 3.63) is 63.6 Å². The van der Waals surface area contributed by atoms with Crippen LogP contribution in [-0.2, 0) is 32.6 Å². The molecule has 3 rings (SSSR count). The van der Waals surface area contributed by atoms with Gasteiger partial charge in [-0.2, -0.15) is 0 Å². The number of hydrogen-bond donors (Lipinski definition) is 1. The van der Waals surface area contributed by atoms with Crippen molar-refractivity contribution in [1.29, 1.82) is 0 Å². The topological polar surface area (TPSA) is 86.8 Å². The lowest BCUT2D eigenvalue weighted by molar-refractivity contribution is -0.140. The van der Waals surface area contributed by atoms with Crippen LogP contribution in [0.15, 0.2) is 42.5 Å². The molecule has 1 N–H and O–H groups in total. The van der Waals surface area contributed by atoms with Crippen molar-refractivity contribution in [2.24, 2.45) is 0 Å². The number of sulfonamides is 1. The Hall–Kier alpha value is -2.29. The summed E-state index contributed by atoms with van der Waals surface area (Å²) in [5.74, 6) is -0.717. The summed E-state index contributed by atoms with van der Waals surface area (Å²) < 4.78 is 26.5. The Balaban J connectivity index is 1.93.